The van der Waals surface area contributed by atoms with Gasteiger partial charge < -0.3 is 4.55 Å². The Labute approximate surface area is 54.3 Å². The second-order valence-electron chi connectivity index (χ2n) is 1.04. The van der Waals surface area contributed by atoms with Crippen LogP contribution in [0, 0.1) is 0 Å². The second kappa shape index (κ2) is 3.22. The summed E-state index contributed by atoms with van der Waals surface area (Å²) in [7, 11) is -3.83. The molecule has 0 aliphatic heterocycles. The summed E-state index contributed by atoms with van der Waals surface area (Å²) in [4.78, 5) is 0. The molecule has 9 heavy (non-hydrogen) atoms. The van der Waals surface area contributed by atoms with E-state index in [2.05, 4.69) is 8.67 Å². The van der Waals surface area contributed by atoms with Crippen LogP contribution in [0.15, 0.2) is 0 Å². The van der Waals surface area contributed by atoms with Gasteiger partial charge in [-0.1, -0.05) is 4.33 Å². The van der Waals surface area contributed by atoms with Crippen LogP contribution in [-0.4, -0.2) is 23.4 Å². The third kappa shape index (κ3) is 7.98. The first-order chi connectivity index (χ1) is 3.92. The standard InChI is InChI=1S/CH4O6S2/c1-9(4,5)7-6-8(2)3/h1H3,(H,2,3)/p-1. The van der Waals surface area contributed by atoms with Gasteiger partial charge in [0, 0.05) is 0 Å². The maximum absolute atomic E-state index is 9.92. The third-order valence-corrected chi connectivity index (χ3v) is 0.787. The van der Waals surface area contributed by atoms with Crippen LogP contribution in [0.1, 0.15) is 0 Å². The normalized spacial score (nSPS) is 15.3. The monoisotopic (exact) mass is 175 g/mol. The summed E-state index contributed by atoms with van der Waals surface area (Å²) in [5, 5.41) is 0. The topological polar surface area (TPSA) is 92.7 Å². The molecule has 0 rings (SSSR count). The highest BCUT2D eigenvalue weighted by Crippen LogP contribution is 1.88. The van der Waals surface area contributed by atoms with Gasteiger partial charge in [-0.2, -0.15) is 8.42 Å². The zero-order chi connectivity index (χ0) is 7.49. The lowest BCUT2D eigenvalue weighted by molar-refractivity contribution is -0.0863. The Balaban J connectivity index is 3.67. The van der Waals surface area contributed by atoms with Crippen molar-refractivity contribution in [2.45, 2.75) is 0 Å². The molecule has 0 aliphatic carbocycles. The molecule has 0 fully saturated rings. The predicted molar refractivity (Wildman–Crippen MR) is 25.9 cm³/mol. The summed E-state index contributed by atoms with van der Waals surface area (Å²) in [6.07, 6.45) is 0.653. The van der Waals surface area contributed by atoms with Gasteiger partial charge in [-0.05, 0) is 0 Å². The van der Waals surface area contributed by atoms with Crippen molar-refractivity contribution in [1.82, 2.24) is 0 Å². The highest BCUT2D eigenvalue weighted by Gasteiger charge is 2.00. The largest absolute Gasteiger partial charge is 0.747 e. The van der Waals surface area contributed by atoms with Crippen molar-refractivity contribution in [3.05, 3.63) is 0 Å². The van der Waals surface area contributed by atoms with E-state index in [1.807, 2.05) is 0 Å². The molecule has 0 saturated heterocycles. The van der Waals surface area contributed by atoms with Crippen LogP contribution >= 0.6 is 0 Å². The van der Waals surface area contributed by atoms with Crippen molar-refractivity contribution in [2.24, 2.45) is 0 Å². The van der Waals surface area contributed by atoms with E-state index in [-0.39, 0.29) is 0 Å². The zero-order valence-electron chi connectivity index (χ0n) is 4.27. The summed E-state index contributed by atoms with van der Waals surface area (Å²) in [6.45, 7) is 0. The predicted octanol–water partition coefficient (Wildman–Crippen LogP) is -1.31. The molecule has 6 nitrogen and oxygen atoms in total. The smallest absolute Gasteiger partial charge is 0.291 e. The van der Waals surface area contributed by atoms with Crippen LogP contribution in [0.2, 0.25) is 0 Å². The summed E-state index contributed by atoms with van der Waals surface area (Å²) >= 11 is -2.96. The maximum atomic E-state index is 9.92. The molecule has 0 spiro atoms. The molecule has 0 amide bonds. The molecule has 0 heterocycles. The van der Waals surface area contributed by atoms with E-state index in [1.165, 1.54) is 0 Å². The van der Waals surface area contributed by atoms with Crippen molar-refractivity contribution in [3.8, 4) is 0 Å². The summed E-state index contributed by atoms with van der Waals surface area (Å²) in [6, 6.07) is 0. The fraction of sp³-hybridized carbons (Fsp3) is 1.00. The molecule has 0 aromatic heterocycles. The molecule has 0 aromatic carbocycles. The molecule has 0 bridgehead atoms. The van der Waals surface area contributed by atoms with E-state index in [4.69, 9.17) is 0 Å². The Morgan fingerprint density at radius 2 is 2.00 bits per heavy atom. The molecule has 0 aliphatic rings. The summed E-state index contributed by atoms with van der Waals surface area (Å²) < 4.78 is 45.3. The average molecular weight is 175 g/mol. The molecule has 1 atom stereocenters. The van der Waals surface area contributed by atoms with Gasteiger partial charge in [0.1, 0.15) is 11.4 Å². The minimum Gasteiger partial charge on any atom is -0.747 e. The van der Waals surface area contributed by atoms with Crippen molar-refractivity contribution in [1.29, 1.82) is 0 Å². The fourth-order valence-corrected chi connectivity index (χ4v) is 0.658. The van der Waals surface area contributed by atoms with E-state index in [0.29, 0.717) is 6.26 Å². The number of hydrogen-bond donors (Lipinski definition) is 0. The minimum atomic E-state index is -3.83. The van der Waals surface area contributed by atoms with Crippen molar-refractivity contribution in [3.63, 3.8) is 0 Å². The Kier molecular flexibility index (Phi) is 3.22. The van der Waals surface area contributed by atoms with Crippen molar-refractivity contribution >= 4 is 21.5 Å². The Hall–Kier alpha value is -0.0200. The maximum Gasteiger partial charge on any atom is 0.291 e. The van der Waals surface area contributed by atoms with Gasteiger partial charge in [-0.25, -0.2) is 4.21 Å². The SMILES string of the molecule is CS(=O)(=O)OOS(=O)[O-]. The highest BCUT2D eigenvalue weighted by molar-refractivity contribution is 7.86. The first-order valence-corrected chi connectivity index (χ1v) is 4.39. The lowest BCUT2D eigenvalue weighted by atomic mass is 12.0. The van der Waals surface area contributed by atoms with Crippen LogP contribution in [0.3, 0.4) is 0 Å². The Morgan fingerprint density at radius 3 is 2.11 bits per heavy atom. The number of hydrogen-bond acceptors (Lipinski definition) is 6. The van der Waals surface area contributed by atoms with E-state index in [9.17, 15) is 17.2 Å². The second-order valence-corrected chi connectivity index (χ2v) is 3.13. The molecular weight excluding hydrogens is 172 g/mol. The van der Waals surface area contributed by atoms with Gasteiger partial charge in [-0.15, -0.1) is 4.33 Å². The molecule has 0 aromatic rings. The summed E-state index contributed by atoms with van der Waals surface area (Å²) in [5.41, 5.74) is 0. The molecule has 1 unspecified atom stereocenters. The van der Waals surface area contributed by atoms with Gasteiger partial charge in [0.2, 0.25) is 0 Å². The van der Waals surface area contributed by atoms with Crippen LogP contribution < -0.4 is 0 Å². The molecular formula is CH3O6S2-. The molecule has 0 saturated carbocycles. The molecule has 8 heteroatoms. The Bertz CT molecular complexity index is 189. The lowest BCUT2D eigenvalue weighted by Gasteiger charge is -2.00. The van der Waals surface area contributed by atoms with Gasteiger partial charge in [0.25, 0.3) is 10.1 Å². The van der Waals surface area contributed by atoms with E-state index in [1.54, 1.807) is 0 Å². The minimum absolute atomic E-state index is 0.653. The van der Waals surface area contributed by atoms with Crippen LogP contribution in [0.25, 0.3) is 0 Å². The van der Waals surface area contributed by atoms with Crippen LogP contribution in [0.5, 0.6) is 0 Å². The van der Waals surface area contributed by atoms with E-state index in [0.717, 1.165) is 0 Å². The average Bonchev–Trinajstić information content (AvgIpc) is 1.59. The van der Waals surface area contributed by atoms with E-state index < -0.39 is 21.5 Å². The first kappa shape index (κ1) is 8.98. The van der Waals surface area contributed by atoms with Gasteiger partial charge in [0.05, 0.1) is 6.26 Å². The fourth-order valence-electron chi connectivity index (χ4n) is 0.0731. The van der Waals surface area contributed by atoms with Crippen LogP contribution in [-0.2, 0) is 30.1 Å². The molecule has 0 N–H and O–H groups in total. The molecule has 56 valence electrons. The number of rotatable bonds is 3. The van der Waals surface area contributed by atoms with Crippen LogP contribution in [0.4, 0.5) is 0 Å². The van der Waals surface area contributed by atoms with Gasteiger partial charge in [0.15, 0.2) is 0 Å². The third-order valence-electron chi connectivity index (χ3n) is 0.207. The Morgan fingerprint density at radius 1 is 1.56 bits per heavy atom. The highest BCUT2D eigenvalue weighted by atomic mass is 32.2. The zero-order valence-corrected chi connectivity index (χ0v) is 5.90. The van der Waals surface area contributed by atoms with Gasteiger partial charge in [-0.3, -0.25) is 0 Å². The molecule has 0 radical (unpaired) electrons. The lowest BCUT2D eigenvalue weighted by Crippen LogP contribution is -2.05. The van der Waals surface area contributed by atoms with Crippen molar-refractivity contribution in [2.75, 3.05) is 6.26 Å². The first-order valence-electron chi connectivity index (χ1n) is 1.57. The van der Waals surface area contributed by atoms with Crippen molar-refractivity contribution < 1.29 is 25.8 Å². The quantitative estimate of drug-likeness (QED) is 0.300. The van der Waals surface area contributed by atoms with Gasteiger partial charge >= 0.3 is 0 Å². The van der Waals surface area contributed by atoms with E-state index >= 15 is 0 Å². The summed E-state index contributed by atoms with van der Waals surface area (Å²) in [5.74, 6) is 0.